The molecule has 3 nitrogen and oxygen atoms in total. The molecular weight excluding hydrogens is 242 g/mol. The van der Waals surface area contributed by atoms with Gasteiger partial charge in [-0.3, -0.25) is 5.10 Å². The molecule has 0 amide bonds. The van der Waals surface area contributed by atoms with Crippen molar-refractivity contribution < 1.29 is 0 Å². The predicted molar refractivity (Wildman–Crippen MR) is 68.3 cm³/mol. The van der Waals surface area contributed by atoms with Crippen molar-refractivity contribution in [2.24, 2.45) is 0 Å². The van der Waals surface area contributed by atoms with Crippen molar-refractivity contribution in [2.45, 2.75) is 20.4 Å². The fourth-order valence-electron chi connectivity index (χ4n) is 1.64. The van der Waals surface area contributed by atoms with Gasteiger partial charge in [0.1, 0.15) is 0 Å². The van der Waals surface area contributed by atoms with E-state index in [-0.39, 0.29) is 0 Å². The van der Waals surface area contributed by atoms with Crippen LogP contribution in [0.2, 0.25) is 5.02 Å². The van der Waals surface area contributed by atoms with Crippen LogP contribution in [0.5, 0.6) is 0 Å². The van der Waals surface area contributed by atoms with Crippen LogP contribution in [0.25, 0.3) is 11.4 Å². The lowest BCUT2D eigenvalue weighted by atomic mass is 10.1. The van der Waals surface area contributed by atoms with Crippen molar-refractivity contribution in [3.05, 3.63) is 33.6 Å². The first-order valence-electron chi connectivity index (χ1n) is 5.05. The molecule has 0 bridgehead atoms. The third-order valence-electron chi connectivity index (χ3n) is 2.51. The van der Waals surface area contributed by atoms with E-state index in [1.807, 2.05) is 36.6 Å². The number of aromatic amines is 1. The van der Waals surface area contributed by atoms with E-state index in [0.717, 1.165) is 28.5 Å². The van der Waals surface area contributed by atoms with Crippen LogP contribution in [-0.2, 0) is 6.54 Å². The van der Waals surface area contributed by atoms with Gasteiger partial charge in [0.15, 0.2) is 10.6 Å². The highest BCUT2D eigenvalue weighted by Gasteiger charge is 2.11. The largest absolute Gasteiger partial charge is 0.300 e. The number of hydrogen-bond donors (Lipinski definition) is 1. The van der Waals surface area contributed by atoms with Crippen LogP contribution in [0.4, 0.5) is 0 Å². The van der Waals surface area contributed by atoms with Crippen LogP contribution in [0.1, 0.15) is 12.5 Å². The van der Waals surface area contributed by atoms with E-state index in [1.54, 1.807) is 0 Å². The molecule has 84 valence electrons. The lowest BCUT2D eigenvalue weighted by molar-refractivity contribution is 0.755. The number of rotatable bonds is 2. The number of nitrogens with zero attached hydrogens (tertiary/aromatic N) is 2. The van der Waals surface area contributed by atoms with Crippen LogP contribution in [0, 0.1) is 11.7 Å². The van der Waals surface area contributed by atoms with Gasteiger partial charge in [-0.1, -0.05) is 23.7 Å². The van der Waals surface area contributed by atoms with E-state index in [9.17, 15) is 0 Å². The summed E-state index contributed by atoms with van der Waals surface area (Å²) in [6.07, 6.45) is 0. The first-order chi connectivity index (χ1) is 7.65. The summed E-state index contributed by atoms with van der Waals surface area (Å²) in [6, 6.07) is 5.89. The topological polar surface area (TPSA) is 33.6 Å². The molecule has 0 atom stereocenters. The third kappa shape index (κ3) is 1.79. The number of aromatic nitrogens is 3. The van der Waals surface area contributed by atoms with Gasteiger partial charge in [0.05, 0.1) is 5.02 Å². The number of nitrogens with one attached hydrogen (secondary N) is 1. The van der Waals surface area contributed by atoms with Crippen molar-refractivity contribution in [1.82, 2.24) is 14.8 Å². The number of H-pyrrole nitrogens is 1. The zero-order valence-corrected chi connectivity index (χ0v) is 10.7. The minimum absolute atomic E-state index is 0.620. The maximum absolute atomic E-state index is 6.26. The monoisotopic (exact) mass is 253 g/mol. The van der Waals surface area contributed by atoms with Crippen molar-refractivity contribution in [1.29, 1.82) is 0 Å². The summed E-state index contributed by atoms with van der Waals surface area (Å²) in [5, 5.41) is 7.74. The number of halogens is 1. The summed E-state index contributed by atoms with van der Waals surface area (Å²) in [4.78, 5) is 0. The summed E-state index contributed by atoms with van der Waals surface area (Å²) < 4.78 is 2.55. The molecule has 1 heterocycles. The van der Waals surface area contributed by atoms with Gasteiger partial charge in [-0.25, -0.2) is 0 Å². The highest BCUT2D eigenvalue weighted by atomic mass is 35.5. The fourth-order valence-corrected chi connectivity index (χ4v) is 2.11. The van der Waals surface area contributed by atoms with Crippen molar-refractivity contribution in [2.75, 3.05) is 0 Å². The molecule has 1 N–H and O–H groups in total. The molecule has 0 fully saturated rings. The Bertz CT molecular complexity index is 571. The molecule has 0 unspecified atom stereocenters. The van der Waals surface area contributed by atoms with Gasteiger partial charge in [-0.05, 0) is 37.7 Å². The van der Waals surface area contributed by atoms with Gasteiger partial charge in [0, 0.05) is 12.1 Å². The van der Waals surface area contributed by atoms with Crippen molar-refractivity contribution >= 4 is 23.8 Å². The van der Waals surface area contributed by atoms with Crippen LogP contribution in [0.3, 0.4) is 0 Å². The molecular formula is C11H12ClN3S. The highest BCUT2D eigenvalue weighted by Crippen LogP contribution is 2.28. The smallest absolute Gasteiger partial charge is 0.195 e. The minimum Gasteiger partial charge on any atom is -0.300 e. The molecule has 5 heteroatoms. The first kappa shape index (κ1) is 11.4. The standard InChI is InChI=1S/C11H12ClN3S/c1-3-15-10(13-14-11(15)16)8-6-4-5-7(2)9(8)12/h4-6H,3H2,1-2H3,(H,14,16). The quantitative estimate of drug-likeness (QED) is 0.830. The van der Waals surface area contributed by atoms with Gasteiger partial charge in [-0.2, -0.15) is 5.10 Å². The minimum atomic E-state index is 0.620. The fraction of sp³-hybridized carbons (Fsp3) is 0.273. The molecule has 0 spiro atoms. The summed E-state index contributed by atoms with van der Waals surface area (Å²) in [6.45, 7) is 4.77. The van der Waals surface area contributed by atoms with Gasteiger partial charge in [-0.15, -0.1) is 0 Å². The summed E-state index contributed by atoms with van der Waals surface area (Å²) in [5.41, 5.74) is 1.95. The van der Waals surface area contributed by atoms with Gasteiger partial charge >= 0.3 is 0 Å². The summed E-state index contributed by atoms with van der Waals surface area (Å²) in [7, 11) is 0. The second-order valence-corrected chi connectivity index (χ2v) is 4.30. The lowest BCUT2D eigenvalue weighted by Gasteiger charge is -2.07. The van der Waals surface area contributed by atoms with E-state index >= 15 is 0 Å². The van der Waals surface area contributed by atoms with Crippen molar-refractivity contribution in [3.63, 3.8) is 0 Å². The van der Waals surface area contributed by atoms with Crippen LogP contribution >= 0.6 is 23.8 Å². The molecule has 0 saturated heterocycles. The Morgan fingerprint density at radius 1 is 1.50 bits per heavy atom. The maximum atomic E-state index is 6.26. The second-order valence-electron chi connectivity index (χ2n) is 3.53. The Kier molecular flexibility index (Phi) is 3.12. The highest BCUT2D eigenvalue weighted by molar-refractivity contribution is 7.71. The zero-order chi connectivity index (χ0) is 11.7. The van der Waals surface area contributed by atoms with E-state index < -0.39 is 0 Å². The third-order valence-corrected chi connectivity index (χ3v) is 3.32. The predicted octanol–water partition coefficient (Wildman–Crippen LogP) is 3.59. The SMILES string of the molecule is CCn1c(-c2cccc(C)c2Cl)n[nH]c1=S. The Hall–Kier alpha value is -1.13. The van der Waals surface area contributed by atoms with Crippen molar-refractivity contribution in [3.8, 4) is 11.4 Å². The number of benzene rings is 1. The Balaban J connectivity index is 2.68. The Labute approximate surface area is 104 Å². The molecule has 2 rings (SSSR count). The molecule has 16 heavy (non-hydrogen) atoms. The zero-order valence-electron chi connectivity index (χ0n) is 9.12. The normalized spacial score (nSPS) is 10.7. The lowest BCUT2D eigenvalue weighted by Crippen LogP contribution is -1.98. The van der Waals surface area contributed by atoms with Crippen LogP contribution < -0.4 is 0 Å². The van der Waals surface area contributed by atoms with Gasteiger partial charge < -0.3 is 4.57 Å². The molecule has 1 aromatic carbocycles. The van der Waals surface area contributed by atoms with Gasteiger partial charge in [0.2, 0.25) is 0 Å². The molecule has 0 radical (unpaired) electrons. The Morgan fingerprint density at radius 3 is 2.94 bits per heavy atom. The first-order valence-corrected chi connectivity index (χ1v) is 5.84. The molecule has 0 aliphatic rings. The molecule has 1 aromatic heterocycles. The van der Waals surface area contributed by atoms with E-state index in [0.29, 0.717) is 4.77 Å². The second kappa shape index (κ2) is 4.39. The van der Waals surface area contributed by atoms with Crippen LogP contribution in [-0.4, -0.2) is 14.8 Å². The molecule has 2 aromatic rings. The van der Waals surface area contributed by atoms with E-state index in [4.69, 9.17) is 23.8 Å². The molecule has 0 aliphatic carbocycles. The molecule has 0 aliphatic heterocycles. The Morgan fingerprint density at radius 2 is 2.25 bits per heavy atom. The average molecular weight is 254 g/mol. The summed E-state index contributed by atoms with van der Waals surface area (Å²) in [5.74, 6) is 0.793. The van der Waals surface area contributed by atoms with Gasteiger partial charge in [0.25, 0.3) is 0 Å². The number of aryl methyl sites for hydroxylation is 1. The summed E-state index contributed by atoms with van der Waals surface area (Å²) >= 11 is 11.4. The number of hydrogen-bond acceptors (Lipinski definition) is 2. The van der Waals surface area contributed by atoms with E-state index in [1.165, 1.54) is 0 Å². The van der Waals surface area contributed by atoms with Crippen LogP contribution in [0.15, 0.2) is 18.2 Å². The molecule has 0 saturated carbocycles. The van der Waals surface area contributed by atoms with E-state index in [2.05, 4.69) is 10.2 Å². The maximum Gasteiger partial charge on any atom is 0.195 e. The average Bonchev–Trinajstić information content (AvgIpc) is 2.63.